The lowest BCUT2D eigenvalue weighted by Crippen LogP contribution is -2.36. The molecule has 80 valence electrons. The average molecular weight is 206 g/mol. The zero-order valence-electron chi connectivity index (χ0n) is 8.69. The summed E-state index contributed by atoms with van der Waals surface area (Å²) in [4.78, 5) is 11.3. The quantitative estimate of drug-likeness (QED) is 0.815. The van der Waals surface area contributed by atoms with Crippen molar-refractivity contribution >= 4 is 5.97 Å². The number of ether oxygens (including phenoxy) is 1. The van der Waals surface area contributed by atoms with Crippen molar-refractivity contribution in [3.63, 3.8) is 0 Å². The van der Waals surface area contributed by atoms with E-state index in [0.717, 1.165) is 11.1 Å². The normalized spacial score (nSPS) is 17.4. The van der Waals surface area contributed by atoms with E-state index in [0.29, 0.717) is 12.8 Å². The van der Waals surface area contributed by atoms with Gasteiger partial charge in [-0.05, 0) is 24.0 Å². The van der Waals surface area contributed by atoms with Crippen LogP contribution in [0.1, 0.15) is 11.1 Å². The molecule has 1 aromatic carbocycles. The number of methoxy groups -OCH3 is 1. The molecule has 1 aromatic rings. The largest absolute Gasteiger partial charge is 0.481 e. The molecular formula is C12H14O3. The number of rotatable bonds is 3. The fourth-order valence-electron chi connectivity index (χ4n) is 2.29. The van der Waals surface area contributed by atoms with E-state index in [4.69, 9.17) is 4.74 Å². The lowest BCUT2D eigenvalue weighted by atomic mass is 9.86. The fourth-order valence-corrected chi connectivity index (χ4v) is 2.29. The number of aliphatic carboxylic acids is 1. The molecule has 2 rings (SSSR count). The number of carbonyl (C=O) groups is 1. The van der Waals surface area contributed by atoms with Crippen molar-refractivity contribution < 1.29 is 14.6 Å². The highest BCUT2D eigenvalue weighted by molar-refractivity contribution is 5.77. The van der Waals surface area contributed by atoms with Gasteiger partial charge in [-0.2, -0.15) is 0 Å². The van der Waals surface area contributed by atoms with Crippen molar-refractivity contribution in [3.8, 4) is 0 Å². The van der Waals surface area contributed by atoms with E-state index in [1.807, 2.05) is 24.3 Å². The average Bonchev–Trinajstić information content (AvgIpc) is 2.57. The molecule has 3 nitrogen and oxygen atoms in total. The summed E-state index contributed by atoms with van der Waals surface area (Å²) in [5, 5.41) is 9.29. The first-order valence-electron chi connectivity index (χ1n) is 4.97. The van der Waals surface area contributed by atoms with E-state index in [9.17, 15) is 9.90 Å². The summed E-state index contributed by atoms with van der Waals surface area (Å²) >= 11 is 0. The number of fused-ring (bicyclic) bond motifs is 1. The summed E-state index contributed by atoms with van der Waals surface area (Å²) in [6.45, 7) is 0.275. The zero-order valence-corrected chi connectivity index (χ0v) is 8.69. The van der Waals surface area contributed by atoms with Crippen molar-refractivity contribution in [2.24, 2.45) is 5.41 Å². The molecule has 0 atom stereocenters. The molecule has 0 aliphatic heterocycles. The topological polar surface area (TPSA) is 46.5 Å². The summed E-state index contributed by atoms with van der Waals surface area (Å²) in [5.74, 6) is -0.763. The van der Waals surface area contributed by atoms with Gasteiger partial charge < -0.3 is 9.84 Å². The summed E-state index contributed by atoms with van der Waals surface area (Å²) in [6, 6.07) is 7.89. The maximum Gasteiger partial charge on any atom is 0.312 e. The third-order valence-corrected chi connectivity index (χ3v) is 3.05. The van der Waals surface area contributed by atoms with Gasteiger partial charge in [0.2, 0.25) is 0 Å². The molecule has 0 amide bonds. The molecule has 0 bridgehead atoms. The van der Waals surface area contributed by atoms with Crippen molar-refractivity contribution in [2.45, 2.75) is 12.8 Å². The Kier molecular flexibility index (Phi) is 2.49. The second-order valence-electron chi connectivity index (χ2n) is 4.14. The Morgan fingerprint density at radius 3 is 2.33 bits per heavy atom. The molecule has 15 heavy (non-hydrogen) atoms. The molecule has 0 saturated carbocycles. The highest BCUT2D eigenvalue weighted by Crippen LogP contribution is 2.37. The maximum atomic E-state index is 11.3. The zero-order chi connectivity index (χ0) is 10.9. The highest BCUT2D eigenvalue weighted by Gasteiger charge is 2.43. The van der Waals surface area contributed by atoms with Crippen molar-refractivity contribution in [3.05, 3.63) is 35.4 Å². The van der Waals surface area contributed by atoms with Crippen LogP contribution in [-0.4, -0.2) is 24.8 Å². The van der Waals surface area contributed by atoms with Crippen LogP contribution >= 0.6 is 0 Å². The third kappa shape index (κ3) is 1.63. The Labute approximate surface area is 88.7 Å². The van der Waals surface area contributed by atoms with Crippen LogP contribution in [0.2, 0.25) is 0 Å². The standard InChI is InChI=1S/C12H14O3/c1-15-8-12(11(13)14)6-9-4-2-3-5-10(9)7-12/h2-5H,6-8H2,1H3,(H,13,14). The van der Waals surface area contributed by atoms with E-state index >= 15 is 0 Å². The Bertz CT molecular complexity index is 359. The van der Waals surface area contributed by atoms with E-state index in [1.54, 1.807) is 7.11 Å². The van der Waals surface area contributed by atoms with Crippen LogP contribution < -0.4 is 0 Å². The lowest BCUT2D eigenvalue weighted by Gasteiger charge is -2.22. The Hall–Kier alpha value is -1.35. The first-order chi connectivity index (χ1) is 7.18. The van der Waals surface area contributed by atoms with E-state index in [1.165, 1.54) is 0 Å². The summed E-state index contributed by atoms with van der Waals surface area (Å²) < 4.78 is 5.04. The van der Waals surface area contributed by atoms with Gasteiger partial charge in [0.1, 0.15) is 0 Å². The van der Waals surface area contributed by atoms with Crippen LogP contribution in [0, 0.1) is 5.41 Å². The van der Waals surface area contributed by atoms with Crippen LogP contribution in [0.3, 0.4) is 0 Å². The molecule has 3 heteroatoms. The van der Waals surface area contributed by atoms with Gasteiger partial charge in [0.25, 0.3) is 0 Å². The first kappa shape index (κ1) is 10.2. The molecule has 1 N–H and O–H groups in total. The van der Waals surface area contributed by atoms with Crippen LogP contribution in [0.4, 0.5) is 0 Å². The number of benzene rings is 1. The third-order valence-electron chi connectivity index (χ3n) is 3.05. The van der Waals surface area contributed by atoms with Gasteiger partial charge >= 0.3 is 5.97 Å². The van der Waals surface area contributed by atoms with E-state index < -0.39 is 11.4 Å². The number of carboxylic acids is 1. The Morgan fingerprint density at radius 2 is 1.93 bits per heavy atom. The molecule has 0 saturated heterocycles. The summed E-state index contributed by atoms with van der Waals surface area (Å²) in [5.41, 5.74) is 1.52. The van der Waals surface area contributed by atoms with E-state index in [2.05, 4.69) is 0 Å². The minimum absolute atomic E-state index is 0.275. The first-order valence-corrected chi connectivity index (χ1v) is 4.97. The molecule has 1 aliphatic rings. The van der Waals surface area contributed by atoms with Crippen LogP contribution in [0.15, 0.2) is 24.3 Å². The van der Waals surface area contributed by atoms with Gasteiger partial charge in [0.05, 0.1) is 12.0 Å². The van der Waals surface area contributed by atoms with Gasteiger partial charge in [-0.1, -0.05) is 24.3 Å². The van der Waals surface area contributed by atoms with Gasteiger partial charge in [0.15, 0.2) is 0 Å². The van der Waals surface area contributed by atoms with Gasteiger partial charge in [0, 0.05) is 7.11 Å². The van der Waals surface area contributed by atoms with Crippen molar-refractivity contribution in [2.75, 3.05) is 13.7 Å². The second-order valence-corrected chi connectivity index (χ2v) is 4.14. The molecule has 0 unspecified atom stereocenters. The van der Waals surface area contributed by atoms with Crippen LogP contribution in [0.25, 0.3) is 0 Å². The Balaban J connectivity index is 2.32. The molecule has 0 spiro atoms. The minimum atomic E-state index is -0.763. The molecule has 0 fully saturated rings. The predicted octanol–water partition coefficient (Wildman–Crippen LogP) is 1.50. The van der Waals surface area contributed by atoms with Crippen LogP contribution in [0.5, 0.6) is 0 Å². The second kappa shape index (κ2) is 3.66. The molecule has 0 radical (unpaired) electrons. The maximum absolute atomic E-state index is 11.3. The van der Waals surface area contributed by atoms with Gasteiger partial charge in [-0.15, -0.1) is 0 Å². The highest BCUT2D eigenvalue weighted by atomic mass is 16.5. The smallest absolute Gasteiger partial charge is 0.312 e. The lowest BCUT2D eigenvalue weighted by molar-refractivity contribution is -0.151. The molecule has 0 heterocycles. The van der Waals surface area contributed by atoms with Crippen LogP contribution in [-0.2, 0) is 22.4 Å². The van der Waals surface area contributed by atoms with E-state index in [-0.39, 0.29) is 6.61 Å². The van der Waals surface area contributed by atoms with Gasteiger partial charge in [-0.3, -0.25) is 4.79 Å². The monoisotopic (exact) mass is 206 g/mol. The SMILES string of the molecule is COCC1(C(=O)O)Cc2ccccc2C1. The summed E-state index contributed by atoms with van der Waals surface area (Å²) in [7, 11) is 1.55. The molecule has 1 aliphatic carbocycles. The molecular weight excluding hydrogens is 192 g/mol. The Morgan fingerprint density at radius 1 is 1.40 bits per heavy atom. The predicted molar refractivity (Wildman–Crippen MR) is 55.8 cm³/mol. The van der Waals surface area contributed by atoms with Crippen molar-refractivity contribution in [1.82, 2.24) is 0 Å². The number of hydrogen-bond donors (Lipinski definition) is 1. The molecule has 0 aromatic heterocycles. The number of hydrogen-bond acceptors (Lipinski definition) is 2. The number of carboxylic acid groups (broad SMARTS) is 1. The minimum Gasteiger partial charge on any atom is -0.481 e. The fraction of sp³-hybridized carbons (Fsp3) is 0.417. The summed E-state index contributed by atoms with van der Waals surface area (Å²) in [6.07, 6.45) is 1.15. The van der Waals surface area contributed by atoms with Gasteiger partial charge in [-0.25, -0.2) is 0 Å². The van der Waals surface area contributed by atoms with Crippen molar-refractivity contribution in [1.29, 1.82) is 0 Å².